The molecule has 1 fully saturated rings. The molecule has 1 aromatic carbocycles. The van der Waals surface area contributed by atoms with Crippen LogP contribution in [0.15, 0.2) is 36.8 Å². The molecule has 168 valence electrons. The Bertz CT molecular complexity index is 1220. The average Bonchev–Trinajstić information content (AvgIpc) is 3.40. The van der Waals surface area contributed by atoms with Crippen molar-refractivity contribution in [3.8, 4) is 11.3 Å². The minimum atomic E-state index is -1.15. The number of nitrogens with one attached hydrogen (secondary N) is 1. The zero-order chi connectivity index (χ0) is 22.1. The third kappa shape index (κ3) is 4.28. The summed E-state index contributed by atoms with van der Waals surface area (Å²) in [7, 11) is -1.15. The first kappa shape index (κ1) is 21.1. The Morgan fingerprint density at radius 1 is 1.12 bits per heavy atom. The third-order valence-corrected chi connectivity index (χ3v) is 7.64. The van der Waals surface area contributed by atoms with Crippen molar-refractivity contribution in [3.05, 3.63) is 36.8 Å². The summed E-state index contributed by atoms with van der Waals surface area (Å²) in [6.45, 7) is 11.4. The van der Waals surface area contributed by atoms with Crippen LogP contribution in [-0.4, -0.2) is 65.7 Å². The van der Waals surface area contributed by atoms with Gasteiger partial charge in [0.25, 0.3) is 0 Å². The largest absolute Gasteiger partial charge is 0.378 e. The number of hydrogen-bond acceptors (Lipinski definition) is 6. The maximum Gasteiger partial charge on any atom is 0.147 e. The first-order valence-electron chi connectivity index (χ1n) is 11.2. The molecule has 1 aliphatic heterocycles. The van der Waals surface area contributed by atoms with Gasteiger partial charge in [-0.15, -0.1) is 0 Å². The molecule has 1 aliphatic rings. The zero-order valence-corrected chi connectivity index (χ0v) is 20.0. The van der Waals surface area contributed by atoms with E-state index in [4.69, 9.17) is 9.47 Å². The lowest BCUT2D eigenvalue weighted by Crippen LogP contribution is -2.36. The molecule has 0 atom stereocenters. The van der Waals surface area contributed by atoms with Gasteiger partial charge in [0.05, 0.1) is 36.0 Å². The van der Waals surface area contributed by atoms with Gasteiger partial charge in [0.1, 0.15) is 24.5 Å². The number of ether oxygens (including phenoxy) is 2. The summed E-state index contributed by atoms with van der Waals surface area (Å²) in [4.78, 5) is 11.6. The van der Waals surface area contributed by atoms with Crippen LogP contribution in [0.5, 0.6) is 0 Å². The highest BCUT2D eigenvalue weighted by atomic mass is 28.3. The summed E-state index contributed by atoms with van der Waals surface area (Å²) < 4.78 is 13.9. The molecule has 4 aromatic rings. The van der Waals surface area contributed by atoms with Crippen molar-refractivity contribution in [2.24, 2.45) is 0 Å². The first-order chi connectivity index (χ1) is 15.5. The minimum absolute atomic E-state index is 0.465. The number of fused-ring (bicyclic) bond motifs is 2. The van der Waals surface area contributed by atoms with Crippen molar-refractivity contribution < 1.29 is 9.47 Å². The number of nitrogens with zero attached hydrogens (tertiary/aromatic N) is 5. The highest BCUT2D eigenvalue weighted by Gasteiger charge is 2.21. The molecule has 3 aromatic heterocycles. The summed E-state index contributed by atoms with van der Waals surface area (Å²) >= 11 is 0. The molecule has 0 saturated carbocycles. The number of H-pyrrole nitrogens is 1. The van der Waals surface area contributed by atoms with Gasteiger partial charge in [0, 0.05) is 33.2 Å². The lowest BCUT2D eigenvalue weighted by atomic mass is 10.1. The molecule has 0 aliphatic carbocycles. The molecule has 0 amide bonds. The van der Waals surface area contributed by atoms with Crippen LogP contribution < -0.4 is 4.90 Å². The number of aromatic nitrogens is 5. The van der Waals surface area contributed by atoms with Crippen LogP contribution in [0.25, 0.3) is 33.2 Å². The topological polar surface area (TPSA) is 81.1 Å². The van der Waals surface area contributed by atoms with Crippen LogP contribution in [-0.2, 0) is 16.2 Å². The van der Waals surface area contributed by atoms with E-state index in [0.717, 1.165) is 78.0 Å². The number of anilines is 1. The zero-order valence-electron chi connectivity index (χ0n) is 19.0. The van der Waals surface area contributed by atoms with E-state index in [2.05, 4.69) is 73.5 Å². The summed E-state index contributed by atoms with van der Waals surface area (Å²) in [5.74, 6) is 0.963. The Morgan fingerprint density at radius 3 is 2.78 bits per heavy atom. The fourth-order valence-corrected chi connectivity index (χ4v) is 4.84. The Morgan fingerprint density at radius 2 is 1.97 bits per heavy atom. The number of benzene rings is 1. The van der Waals surface area contributed by atoms with Gasteiger partial charge in [0.15, 0.2) is 0 Å². The maximum absolute atomic E-state index is 6.17. The monoisotopic (exact) mass is 450 g/mol. The second-order valence-corrected chi connectivity index (χ2v) is 15.1. The van der Waals surface area contributed by atoms with Gasteiger partial charge in [-0.3, -0.25) is 5.10 Å². The van der Waals surface area contributed by atoms with E-state index in [1.54, 1.807) is 6.33 Å². The van der Waals surface area contributed by atoms with E-state index in [-0.39, 0.29) is 0 Å². The standard InChI is InChI=1S/C23H30N6O2Si/c1-32(2,3)11-10-31-16-29-21(17-4-5-20-18(12-17)14-26-27-20)13-19-22(24-15-25-23(19)29)28-6-8-30-9-7-28/h4-5,12-15H,6-11,16H2,1-3H3,(H,26,27). The molecule has 0 spiro atoms. The van der Waals surface area contributed by atoms with Gasteiger partial charge in [-0.25, -0.2) is 9.97 Å². The average molecular weight is 451 g/mol. The molecule has 9 heteroatoms. The number of aromatic amines is 1. The van der Waals surface area contributed by atoms with Gasteiger partial charge in [0.2, 0.25) is 0 Å². The molecule has 1 saturated heterocycles. The smallest absolute Gasteiger partial charge is 0.147 e. The van der Waals surface area contributed by atoms with Gasteiger partial charge in [-0.1, -0.05) is 25.7 Å². The summed E-state index contributed by atoms with van der Waals surface area (Å²) in [5.41, 5.74) is 4.11. The minimum Gasteiger partial charge on any atom is -0.378 e. The molecule has 1 N–H and O–H groups in total. The van der Waals surface area contributed by atoms with E-state index in [1.165, 1.54) is 0 Å². The summed E-state index contributed by atoms with van der Waals surface area (Å²) in [6.07, 6.45) is 3.52. The van der Waals surface area contributed by atoms with Crippen molar-refractivity contribution in [1.29, 1.82) is 0 Å². The number of morpholine rings is 1. The Hall–Kier alpha value is -2.75. The lowest BCUT2D eigenvalue weighted by molar-refractivity contribution is 0.0909. The van der Waals surface area contributed by atoms with Gasteiger partial charge >= 0.3 is 0 Å². The molecule has 0 unspecified atom stereocenters. The summed E-state index contributed by atoms with van der Waals surface area (Å²) in [5, 5.41) is 9.32. The quantitative estimate of drug-likeness (QED) is 0.337. The molecule has 32 heavy (non-hydrogen) atoms. The molecule has 0 bridgehead atoms. The Balaban J connectivity index is 1.56. The normalized spacial score (nSPS) is 15.2. The van der Waals surface area contributed by atoms with E-state index in [9.17, 15) is 0 Å². The molecular formula is C23H30N6O2Si. The molecular weight excluding hydrogens is 420 g/mol. The molecule has 0 radical (unpaired) electrons. The molecule has 4 heterocycles. The fourth-order valence-electron chi connectivity index (χ4n) is 4.08. The number of hydrogen-bond donors (Lipinski definition) is 1. The number of rotatable bonds is 7. The summed E-state index contributed by atoms with van der Waals surface area (Å²) in [6, 6.07) is 9.68. The molecule has 5 rings (SSSR count). The van der Waals surface area contributed by atoms with E-state index < -0.39 is 8.07 Å². The SMILES string of the molecule is C[Si](C)(C)CCOCn1c(-c2ccc3[nH]ncc3c2)cc2c(N3CCOCC3)ncnc21. The van der Waals surface area contributed by atoms with Crippen molar-refractivity contribution >= 4 is 35.8 Å². The second-order valence-electron chi connectivity index (χ2n) is 9.51. The van der Waals surface area contributed by atoms with Gasteiger partial charge in [-0.05, 0) is 29.8 Å². The van der Waals surface area contributed by atoms with E-state index in [1.807, 2.05) is 6.20 Å². The first-order valence-corrected chi connectivity index (χ1v) is 14.9. The molecule has 8 nitrogen and oxygen atoms in total. The van der Waals surface area contributed by atoms with E-state index >= 15 is 0 Å². The van der Waals surface area contributed by atoms with Crippen LogP contribution in [0.2, 0.25) is 25.7 Å². The van der Waals surface area contributed by atoms with Crippen molar-refractivity contribution in [2.45, 2.75) is 32.4 Å². The maximum atomic E-state index is 6.17. The van der Waals surface area contributed by atoms with Crippen LogP contribution in [0.1, 0.15) is 0 Å². The van der Waals surface area contributed by atoms with Crippen LogP contribution >= 0.6 is 0 Å². The van der Waals surface area contributed by atoms with Crippen LogP contribution in [0, 0.1) is 0 Å². The van der Waals surface area contributed by atoms with Crippen LogP contribution in [0.3, 0.4) is 0 Å². The Labute approximate surface area is 188 Å². The Kier molecular flexibility index (Phi) is 5.70. The highest BCUT2D eigenvalue weighted by molar-refractivity contribution is 6.76. The fraction of sp³-hybridized carbons (Fsp3) is 0.435. The van der Waals surface area contributed by atoms with E-state index in [0.29, 0.717) is 6.73 Å². The highest BCUT2D eigenvalue weighted by Crippen LogP contribution is 2.33. The van der Waals surface area contributed by atoms with Gasteiger partial charge < -0.3 is 18.9 Å². The van der Waals surface area contributed by atoms with Crippen molar-refractivity contribution in [2.75, 3.05) is 37.8 Å². The second kappa shape index (κ2) is 8.65. The van der Waals surface area contributed by atoms with Crippen LogP contribution in [0.4, 0.5) is 5.82 Å². The van der Waals surface area contributed by atoms with Crippen molar-refractivity contribution in [1.82, 2.24) is 24.7 Å². The van der Waals surface area contributed by atoms with Crippen molar-refractivity contribution in [3.63, 3.8) is 0 Å². The lowest BCUT2D eigenvalue weighted by Gasteiger charge is -2.28. The predicted molar refractivity (Wildman–Crippen MR) is 130 cm³/mol. The van der Waals surface area contributed by atoms with Gasteiger partial charge in [-0.2, -0.15) is 5.10 Å². The predicted octanol–water partition coefficient (Wildman–Crippen LogP) is 4.12. The third-order valence-electron chi connectivity index (χ3n) is 5.93.